The number of alkyl halides is 4. The van der Waals surface area contributed by atoms with Crippen molar-refractivity contribution in [1.29, 1.82) is 0 Å². The molecule has 1 aromatic heterocycles. The average molecular weight is 379 g/mol. The van der Waals surface area contributed by atoms with Crippen LogP contribution < -0.4 is 10.6 Å². The molecular formula is C15H18F5N5O. The predicted octanol–water partition coefficient (Wildman–Crippen LogP) is 3.35. The van der Waals surface area contributed by atoms with Gasteiger partial charge in [-0.2, -0.15) is 28.1 Å². The van der Waals surface area contributed by atoms with Crippen molar-refractivity contribution in [3.8, 4) is 0 Å². The Labute approximate surface area is 146 Å². The van der Waals surface area contributed by atoms with Crippen LogP contribution in [0.15, 0.2) is 18.1 Å². The van der Waals surface area contributed by atoms with E-state index in [1.807, 2.05) is 12.2 Å². The third-order valence-electron chi connectivity index (χ3n) is 3.60. The molecule has 0 radical (unpaired) electrons. The van der Waals surface area contributed by atoms with Crippen LogP contribution in [0.2, 0.25) is 0 Å². The first-order valence-electron chi connectivity index (χ1n) is 7.87. The second kappa shape index (κ2) is 7.94. The number of aliphatic hydroxyl groups excluding tert-OH is 1. The first-order chi connectivity index (χ1) is 12.1. The Bertz CT molecular complexity index is 706. The number of aliphatic hydroxyl groups is 1. The molecule has 26 heavy (non-hydrogen) atoms. The molecule has 11 heteroatoms. The molecule has 0 bridgehead atoms. The van der Waals surface area contributed by atoms with Crippen molar-refractivity contribution in [3.63, 3.8) is 0 Å². The molecule has 0 saturated heterocycles. The zero-order valence-corrected chi connectivity index (χ0v) is 13.9. The molecule has 144 valence electrons. The Morgan fingerprint density at radius 1 is 1.27 bits per heavy atom. The molecule has 1 unspecified atom stereocenters. The first kappa shape index (κ1) is 20.0. The minimum atomic E-state index is -4.73. The van der Waals surface area contributed by atoms with Crippen LogP contribution in [0.25, 0.3) is 5.57 Å². The lowest BCUT2D eigenvalue weighted by Crippen LogP contribution is -2.28. The fourth-order valence-electron chi connectivity index (χ4n) is 2.20. The summed E-state index contributed by atoms with van der Waals surface area (Å²) in [7, 11) is 0. The highest BCUT2D eigenvalue weighted by Gasteiger charge is 2.34. The summed E-state index contributed by atoms with van der Waals surface area (Å²) < 4.78 is 65.6. The molecule has 2 rings (SSSR count). The summed E-state index contributed by atoms with van der Waals surface area (Å²) in [5, 5.41) is 14.2. The maximum absolute atomic E-state index is 14.2. The molecule has 2 atom stereocenters. The largest absolute Gasteiger partial charge is 0.430 e. The zero-order valence-electron chi connectivity index (χ0n) is 13.9. The molecule has 0 fully saturated rings. The van der Waals surface area contributed by atoms with E-state index in [1.165, 1.54) is 0 Å². The van der Waals surface area contributed by atoms with Crippen LogP contribution >= 0.6 is 0 Å². The SMILES string of the molecule is C=C(Nc1nc(NCCC)nc(C2=C(F)C(O)[C@H](F)CC2)n1)C(F)(F)F. The fourth-order valence-corrected chi connectivity index (χ4v) is 2.20. The summed E-state index contributed by atoms with van der Waals surface area (Å²) in [5.41, 5.74) is -1.48. The summed E-state index contributed by atoms with van der Waals surface area (Å²) in [6, 6.07) is 0. The van der Waals surface area contributed by atoms with Crippen LogP contribution in [0.5, 0.6) is 0 Å². The topological polar surface area (TPSA) is 83.0 Å². The quantitative estimate of drug-likeness (QED) is 0.658. The number of hydrogen-bond acceptors (Lipinski definition) is 6. The van der Waals surface area contributed by atoms with E-state index in [0.717, 1.165) is 0 Å². The van der Waals surface area contributed by atoms with Crippen LogP contribution in [-0.2, 0) is 0 Å². The molecule has 1 aliphatic carbocycles. The van der Waals surface area contributed by atoms with Gasteiger partial charge in [-0.25, -0.2) is 8.78 Å². The lowest BCUT2D eigenvalue weighted by molar-refractivity contribution is -0.0899. The van der Waals surface area contributed by atoms with E-state index in [9.17, 15) is 27.1 Å². The van der Waals surface area contributed by atoms with Crippen LogP contribution in [0, 0.1) is 0 Å². The van der Waals surface area contributed by atoms with E-state index >= 15 is 0 Å². The van der Waals surface area contributed by atoms with Gasteiger partial charge in [0.25, 0.3) is 0 Å². The van der Waals surface area contributed by atoms with Crippen molar-refractivity contribution in [3.05, 3.63) is 23.9 Å². The van der Waals surface area contributed by atoms with Crippen molar-refractivity contribution in [2.24, 2.45) is 0 Å². The fraction of sp³-hybridized carbons (Fsp3) is 0.533. The van der Waals surface area contributed by atoms with E-state index in [2.05, 4.69) is 26.8 Å². The molecule has 0 amide bonds. The van der Waals surface area contributed by atoms with Gasteiger partial charge in [0, 0.05) is 12.1 Å². The van der Waals surface area contributed by atoms with Crippen molar-refractivity contribution >= 4 is 17.5 Å². The number of anilines is 2. The summed E-state index contributed by atoms with van der Waals surface area (Å²) in [6.07, 6.45) is -8.04. The molecular weight excluding hydrogens is 361 g/mol. The molecule has 0 spiro atoms. The highest BCUT2D eigenvalue weighted by atomic mass is 19.4. The van der Waals surface area contributed by atoms with E-state index in [-0.39, 0.29) is 30.2 Å². The minimum Gasteiger partial charge on any atom is -0.383 e. The van der Waals surface area contributed by atoms with E-state index < -0.39 is 35.9 Å². The normalized spacial score (nSPS) is 20.9. The maximum atomic E-state index is 14.2. The number of hydrogen-bond donors (Lipinski definition) is 3. The molecule has 0 aromatic carbocycles. The van der Waals surface area contributed by atoms with Gasteiger partial charge in [0.05, 0.1) is 0 Å². The van der Waals surface area contributed by atoms with Crippen LogP contribution in [0.4, 0.5) is 33.8 Å². The summed E-state index contributed by atoms with van der Waals surface area (Å²) in [5.74, 6) is -1.99. The number of nitrogens with zero attached hydrogens (tertiary/aromatic N) is 3. The third-order valence-corrected chi connectivity index (χ3v) is 3.60. The lowest BCUT2D eigenvalue weighted by atomic mass is 9.94. The highest BCUT2D eigenvalue weighted by Crippen LogP contribution is 2.34. The predicted molar refractivity (Wildman–Crippen MR) is 85.6 cm³/mol. The van der Waals surface area contributed by atoms with Gasteiger partial charge in [-0.1, -0.05) is 13.5 Å². The van der Waals surface area contributed by atoms with Crippen molar-refractivity contribution in [2.75, 3.05) is 17.2 Å². The molecule has 6 nitrogen and oxygen atoms in total. The molecule has 0 aliphatic heterocycles. The second-order valence-electron chi connectivity index (χ2n) is 5.66. The van der Waals surface area contributed by atoms with Gasteiger partial charge in [0.15, 0.2) is 5.82 Å². The number of aromatic nitrogens is 3. The van der Waals surface area contributed by atoms with Gasteiger partial charge in [-0.15, -0.1) is 0 Å². The zero-order chi connectivity index (χ0) is 19.5. The van der Waals surface area contributed by atoms with Gasteiger partial charge in [0.2, 0.25) is 11.9 Å². The molecule has 0 saturated carbocycles. The Morgan fingerprint density at radius 2 is 1.92 bits per heavy atom. The molecule has 1 heterocycles. The summed E-state index contributed by atoms with van der Waals surface area (Å²) in [6.45, 7) is 5.12. The Kier molecular flexibility index (Phi) is 6.11. The monoisotopic (exact) mass is 379 g/mol. The maximum Gasteiger partial charge on any atom is 0.430 e. The van der Waals surface area contributed by atoms with Gasteiger partial charge in [-0.3, -0.25) is 0 Å². The second-order valence-corrected chi connectivity index (χ2v) is 5.66. The van der Waals surface area contributed by atoms with Crippen molar-refractivity contribution in [2.45, 2.75) is 44.6 Å². The molecule has 1 aliphatic rings. The minimum absolute atomic E-state index is 0.0773. The van der Waals surface area contributed by atoms with Gasteiger partial charge in [-0.05, 0) is 19.3 Å². The first-order valence-corrected chi connectivity index (χ1v) is 7.87. The smallest absolute Gasteiger partial charge is 0.383 e. The van der Waals surface area contributed by atoms with Crippen LogP contribution in [-0.4, -0.2) is 45.1 Å². The standard InChI is InChI=1S/C15H18F5N5O/c1-3-6-21-13-23-12(8-4-5-9(16)11(26)10(8)17)24-14(25-13)22-7(2)15(18,19)20/h9,11,26H,2-6H2,1H3,(H2,21,22,23,24,25)/t9-,11?/m1/s1. The third kappa shape index (κ3) is 4.65. The van der Waals surface area contributed by atoms with Crippen LogP contribution in [0.1, 0.15) is 32.0 Å². The summed E-state index contributed by atoms with van der Waals surface area (Å²) in [4.78, 5) is 11.5. The van der Waals surface area contributed by atoms with E-state index in [1.54, 1.807) is 0 Å². The number of nitrogens with one attached hydrogen (secondary N) is 2. The lowest BCUT2D eigenvalue weighted by Gasteiger charge is -2.23. The van der Waals surface area contributed by atoms with Gasteiger partial charge < -0.3 is 15.7 Å². The number of halogens is 5. The van der Waals surface area contributed by atoms with E-state index in [0.29, 0.717) is 13.0 Å². The molecule has 3 N–H and O–H groups in total. The summed E-state index contributed by atoms with van der Waals surface area (Å²) >= 11 is 0. The van der Waals surface area contributed by atoms with E-state index in [4.69, 9.17) is 0 Å². The average Bonchev–Trinajstić information content (AvgIpc) is 2.57. The molecule has 1 aromatic rings. The Hall–Kier alpha value is -2.30. The van der Waals surface area contributed by atoms with Gasteiger partial charge >= 0.3 is 6.18 Å². The Morgan fingerprint density at radius 3 is 2.54 bits per heavy atom. The van der Waals surface area contributed by atoms with Gasteiger partial charge in [0.1, 0.15) is 23.8 Å². The number of allylic oxidation sites excluding steroid dienone is 2. The Balaban J connectivity index is 2.42. The number of rotatable bonds is 6. The highest BCUT2D eigenvalue weighted by molar-refractivity contribution is 5.65. The van der Waals surface area contributed by atoms with Crippen molar-refractivity contribution in [1.82, 2.24) is 15.0 Å². The van der Waals surface area contributed by atoms with Crippen LogP contribution in [0.3, 0.4) is 0 Å². The van der Waals surface area contributed by atoms with Crippen molar-refractivity contribution < 1.29 is 27.1 Å².